The third-order valence-electron chi connectivity index (χ3n) is 1.08. The van der Waals surface area contributed by atoms with E-state index >= 15 is 0 Å². The molecule has 0 rings (SSSR count). The Bertz CT molecular complexity index is 225. The number of aliphatic carboxylic acids is 2. The van der Waals surface area contributed by atoms with Crippen LogP contribution >= 0.6 is 0 Å². The summed E-state index contributed by atoms with van der Waals surface area (Å²) in [6, 6.07) is 0. The average molecular weight is 191 g/mol. The van der Waals surface area contributed by atoms with Gasteiger partial charge in [0.2, 0.25) is 5.91 Å². The van der Waals surface area contributed by atoms with E-state index in [2.05, 4.69) is 0 Å². The van der Waals surface area contributed by atoms with Crippen molar-refractivity contribution in [2.24, 2.45) is 0 Å². The summed E-state index contributed by atoms with van der Waals surface area (Å²) in [5.74, 6) is -3.61. The van der Waals surface area contributed by atoms with E-state index < -0.39 is 36.9 Å². The number of carbonyl (C=O) groups is 3. The molecule has 7 nitrogen and oxygen atoms in total. The molecule has 1 amide bonds. The van der Waals surface area contributed by atoms with Crippen LogP contribution in [0.2, 0.25) is 0 Å². The molecule has 0 aromatic rings. The number of carboxylic acid groups (broad SMARTS) is 2. The van der Waals surface area contributed by atoms with Crippen molar-refractivity contribution in [1.29, 1.82) is 0 Å². The fraction of sp³-hybridized carbons (Fsp3) is 0.500. The highest BCUT2D eigenvalue weighted by molar-refractivity contribution is 5.87. The van der Waals surface area contributed by atoms with Crippen molar-refractivity contribution in [3.63, 3.8) is 0 Å². The van der Waals surface area contributed by atoms with Gasteiger partial charge in [-0.25, -0.2) is 0 Å². The molecule has 0 spiro atoms. The standard InChI is InChI=1S/C6H9NO6/c8-3(1-4(9)10)6(13)7-2-5(11)12/h3,8H,1-2H2,(H,7,13)(H,9,10)(H,11,12). The molecule has 74 valence electrons. The molecule has 13 heavy (non-hydrogen) atoms. The Morgan fingerprint density at radius 1 is 1.15 bits per heavy atom. The van der Waals surface area contributed by atoms with Crippen LogP contribution in [0.15, 0.2) is 0 Å². The van der Waals surface area contributed by atoms with Crippen molar-refractivity contribution in [3.05, 3.63) is 0 Å². The summed E-state index contributed by atoms with van der Waals surface area (Å²) in [4.78, 5) is 30.6. The minimum atomic E-state index is -1.71. The summed E-state index contributed by atoms with van der Waals surface area (Å²) >= 11 is 0. The predicted octanol–water partition coefficient (Wildman–Crippen LogP) is -1.98. The number of amides is 1. The summed E-state index contributed by atoms with van der Waals surface area (Å²) in [5.41, 5.74) is 0. The maximum Gasteiger partial charge on any atom is 0.322 e. The quantitative estimate of drug-likeness (QED) is 0.399. The van der Waals surface area contributed by atoms with Gasteiger partial charge in [0.1, 0.15) is 12.6 Å². The smallest absolute Gasteiger partial charge is 0.322 e. The van der Waals surface area contributed by atoms with E-state index in [-0.39, 0.29) is 0 Å². The number of nitrogens with one attached hydrogen (secondary N) is 1. The van der Waals surface area contributed by atoms with Crippen molar-refractivity contribution in [2.75, 3.05) is 6.54 Å². The first-order valence-electron chi connectivity index (χ1n) is 3.33. The highest BCUT2D eigenvalue weighted by Gasteiger charge is 2.18. The second-order valence-electron chi connectivity index (χ2n) is 2.23. The van der Waals surface area contributed by atoms with Gasteiger partial charge in [0, 0.05) is 0 Å². The Labute approximate surface area is 73.0 Å². The fourth-order valence-electron chi connectivity index (χ4n) is 0.539. The Morgan fingerprint density at radius 3 is 2.08 bits per heavy atom. The number of hydrogen-bond acceptors (Lipinski definition) is 4. The largest absolute Gasteiger partial charge is 0.481 e. The molecule has 1 atom stereocenters. The van der Waals surface area contributed by atoms with Crippen LogP contribution in [0.5, 0.6) is 0 Å². The second kappa shape index (κ2) is 5.09. The SMILES string of the molecule is O=C(O)CNC(=O)C(O)CC(=O)O. The highest BCUT2D eigenvalue weighted by Crippen LogP contribution is 1.90. The van der Waals surface area contributed by atoms with E-state index in [9.17, 15) is 14.4 Å². The van der Waals surface area contributed by atoms with Crippen LogP contribution in [0.4, 0.5) is 0 Å². The molecule has 4 N–H and O–H groups in total. The number of carbonyl (C=O) groups excluding carboxylic acids is 1. The van der Waals surface area contributed by atoms with Gasteiger partial charge in [0.15, 0.2) is 0 Å². The van der Waals surface area contributed by atoms with Gasteiger partial charge in [-0.05, 0) is 0 Å². The summed E-state index contributed by atoms with van der Waals surface area (Å²) in [6.45, 7) is -0.643. The number of aliphatic hydroxyl groups is 1. The van der Waals surface area contributed by atoms with Crippen molar-refractivity contribution >= 4 is 17.8 Å². The van der Waals surface area contributed by atoms with Crippen molar-refractivity contribution < 1.29 is 29.7 Å². The normalized spacial score (nSPS) is 11.8. The molecular formula is C6H9NO6. The first-order chi connectivity index (χ1) is 5.93. The summed E-state index contributed by atoms with van der Waals surface area (Å²) in [5, 5.41) is 26.9. The summed E-state index contributed by atoms with van der Waals surface area (Å²) < 4.78 is 0. The lowest BCUT2D eigenvalue weighted by Gasteiger charge is -2.06. The first-order valence-corrected chi connectivity index (χ1v) is 3.33. The van der Waals surface area contributed by atoms with Gasteiger partial charge in [-0.2, -0.15) is 0 Å². The lowest BCUT2D eigenvalue weighted by molar-refractivity contribution is -0.144. The van der Waals surface area contributed by atoms with Crippen LogP contribution in [0.1, 0.15) is 6.42 Å². The van der Waals surface area contributed by atoms with Gasteiger partial charge in [-0.15, -0.1) is 0 Å². The molecule has 0 aliphatic heterocycles. The van der Waals surface area contributed by atoms with E-state index in [0.717, 1.165) is 0 Å². The molecule has 7 heteroatoms. The van der Waals surface area contributed by atoms with E-state index in [1.807, 2.05) is 5.32 Å². The van der Waals surface area contributed by atoms with E-state index in [1.165, 1.54) is 0 Å². The fourth-order valence-corrected chi connectivity index (χ4v) is 0.539. The third kappa shape index (κ3) is 5.62. The molecule has 0 saturated carbocycles. The molecule has 0 aromatic carbocycles. The molecule has 0 aliphatic rings. The highest BCUT2D eigenvalue weighted by atomic mass is 16.4. The molecule has 0 heterocycles. The van der Waals surface area contributed by atoms with Gasteiger partial charge in [0.25, 0.3) is 0 Å². The van der Waals surface area contributed by atoms with Crippen molar-refractivity contribution in [2.45, 2.75) is 12.5 Å². The third-order valence-corrected chi connectivity index (χ3v) is 1.08. The number of hydrogen-bond donors (Lipinski definition) is 4. The Hall–Kier alpha value is -1.63. The zero-order chi connectivity index (χ0) is 10.4. The van der Waals surface area contributed by atoms with Crippen LogP contribution in [-0.4, -0.2) is 45.8 Å². The zero-order valence-electron chi connectivity index (χ0n) is 6.56. The van der Waals surface area contributed by atoms with Gasteiger partial charge < -0.3 is 20.6 Å². The lowest BCUT2D eigenvalue weighted by atomic mass is 10.2. The molecule has 0 bridgehead atoms. The molecule has 0 aliphatic carbocycles. The van der Waals surface area contributed by atoms with Crippen LogP contribution in [0.25, 0.3) is 0 Å². The van der Waals surface area contributed by atoms with Crippen LogP contribution in [0, 0.1) is 0 Å². The number of rotatable bonds is 5. The van der Waals surface area contributed by atoms with E-state index in [1.54, 1.807) is 0 Å². The lowest BCUT2D eigenvalue weighted by Crippen LogP contribution is -2.38. The summed E-state index contributed by atoms with van der Waals surface area (Å²) in [6.07, 6.45) is -2.46. The van der Waals surface area contributed by atoms with Crippen LogP contribution < -0.4 is 5.32 Å². The topological polar surface area (TPSA) is 124 Å². The monoisotopic (exact) mass is 191 g/mol. The van der Waals surface area contributed by atoms with Gasteiger partial charge >= 0.3 is 11.9 Å². The van der Waals surface area contributed by atoms with Crippen molar-refractivity contribution in [1.82, 2.24) is 5.32 Å². The number of carboxylic acids is 2. The molecule has 0 radical (unpaired) electrons. The van der Waals surface area contributed by atoms with Crippen LogP contribution in [-0.2, 0) is 14.4 Å². The minimum Gasteiger partial charge on any atom is -0.481 e. The van der Waals surface area contributed by atoms with Gasteiger partial charge in [-0.3, -0.25) is 14.4 Å². The van der Waals surface area contributed by atoms with Gasteiger partial charge in [-0.1, -0.05) is 0 Å². The Kier molecular flexibility index (Phi) is 4.45. The zero-order valence-corrected chi connectivity index (χ0v) is 6.56. The maximum atomic E-state index is 10.7. The van der Waals surface area contributed by atoms with Crippen molar-refractivity contribution in [3.8, 4) is 0 Å². The molecular weight excluding hydrogens is 182 g/mol. The van der Waals surface area contributed by atoms with Crippen LogP contribution in [0.3, 0.4) is 0 Å². The first kappa shape index (κ1) is 11.4. The number of aliphatic hydroxyl groups excluding tert-OH is 1. The average Bonchev–Trinajstić information content (AvgIpc) is 1.98. The maximum absolute atomic E-state index is 10.7. The second-order valence-corrected chi connectivity index (χ2v) is 2.23. The van der Waals surface area contributed by atoms with Gasteiger partial charge in [0.05, 0.1) is 6.42 Å². The molecule has 0 aromatic heterocycles. The Morgan fingerprint density at radius 2 is 1.69 bits per heavy atom. The minimum absolute atomic E-state index is 0.643. The Balaban J connectivity index is 3.82. The molecule has 0 saturated heterocycles. The molecule has 1 unspecified atom stereocenters. The van der Waals surface area contributed by atoms with E-state index in [0.29, 0.717) is 0 Å². The predicted molar refractivity (Wildman–Crippen MR) is 38.9 cm³/mol. The van der Waals surface area contributed by atoms with E-state index in [4.69, 9.17) is 15.3 Å². The summed E-state index contributed by atoms with van der Waals surface area (Å²) in [7, 11) is 0. The molecule has 0 fully saturated rings.